The third-order valence-corrected chi connectivity index (χ3v) is 5.40. The van der Waals surface area contributed by atoms with Crippen molar-refractivity contribution in [3.8, 4) is 0 Å². The van der Waals surface area contributed by atoms with Crippen LogP contribution in [0.5, 0.6) is 0 Å². The number of hydrogen-bond acceptors (Lipinski definition) is 3. The molecule has 4 rings (SSSR count). The number of ether oxygens (including phenoxy) is 1. The molecular weight excluding hydrogens is 276 g/mol. The van der Waals surface area contributed by atoms with Crippen LogP contribution in [0.4, 0.5) is 5.82 Å². The highest BCUT2D eigenvalue weighted by atomic mass is 16.5. The Kier molecular flexibility index (Phi) is 3.87. The molecule has 0 spiro atoms. The lowest BCUT2D eigenvalue weighted by molar-refractivity contribution is 0.0700. The summed E-state index contributed by atoms with van der Waals surface area (Å²) >= 11 is 0. The number of rotatable bonds is 3. The fraction of sp³-hybridized carbons (Fsp3) is 0.667. The molecule has 0 unspecified atom stereocenters. The van der Waals surface area contributed by atoms with Crippen molar-refractivity contribution in [1.29, 1.82) is 0 Å². The summed E-state index contributed by atoms with van der Waals surface area (Å²) in [7, 11) is 0. The van der Waals surface area contributed by atoms with Gasteiger partial charge >= 0.3 is 0 Å². The van der Waals surface area contributed by atoms with Crippen molar-refractivity contribution in [3.63, 3.8) is 0 Å². The molecule has 0 amide bonds. The van der Waals surface area contributed by atoms with E-state index in [4.69, 9.17) is 9.73 Å². The molecule has 2 fully saturated rings. The Morgan fingerprint density at radius 1 is 1.18 bits per heavy atom. The first-order valence-corrected chi connectivity index (χ1v) is 8.69. The van der Waals surface area contributed by atoms with E-state index in [-0.39, 0.29) is 5.78 Å². The van der Waals surface area contributed by atoms with Crippen molar-refractivity contribution >= 4 is 17.3 Å². The van der Waals surface area contributed by atoms with Gasteiger partial charge in [-0.2, -0.15) is 0 Å². The Hall–Kier alpha value is -1.42. The number of nitrogens with zero attached hydrogens (tertiary/aromatic N) is 2. The number of fused-ring (bicyclic) bond motifs is 1. The molecule has 4 nitrogen and oxygen atoms in total. The third-order valence-electron chi connectivity index (χ3n) is 5.40. The Morgan fingerprint density at radius 2 is 1.95 bits per heavy atom. The van der Waals surface area contributed by atoms with Crippen molar-refractivity contribution in [2.24, 2.45) is 10.9 Å². The van der Waals surface area contributed by atoms with Gasteiger partial charge in [0.25, 0.3) is 0 Å². The molecule has 3 heterocycles. The molecule has 1 saturated carbocycles. The smallest absolute Gasteiger partial charge is 0.172 e. The van der Waals surface area contributed by atoms with E-state index in [0.717, 1.165) is 55.5 Å². The Labute approximate surface area is 131 Å². The molecular formula is C18H24N2O2. The van der Waals surface area contributed by atoms with Crippen molar-refractivity contribution in [2.75, 3.05) is 13.2 Å². The second-order valence-corrected chi connectivity index (χ2v) is 6.94. The van der Waals surface area contributed by atoms with Crippen LogP contribution in [-0.4, -0.2) is 29.3 Å². The van der Waals surface area contributed by atoms with Gasteiger partial charge in [-0.1, -0.05) is 25.7 Å². The molecule has 0 N–H and O–H groups in total. The van der Waals surface area contributed by atoms with Crippen LogP contribution in [0.25, 0.3) is 0 Å². The van der Waals surface area contributed by atoms with Crippen LogP contribution in [0.2, 0.25) is 0 Å². The van der Waals surface area contributed by atoms with E-state index in [9.17, 15) is 4.79 Å². The normalized spacial score (nSPS) is 23.6. The largest absolute Gasteiger partial charge is 0.381 e. The first-order valence-electron chi connectivity index (χ1n) is 8.69. The van der Waals surface area contributed by atoms with Crippen LogP contribution in [0.15, 0.2) is 17.3 Å². The predicted molar refractivity (Wildman–Crippen MR) is 86.1 cm³/mol. The number of aliphatic imine (C=N–C) groups is 1. The molecule has 1 aliphatic carbocycles. The maximum atomic E-state index is 12.4. The van der Waals surface area contributed by atoms with Gasteiger partial charge in [-0.15, -0.1) is 0 Å². The first kappa shape index (κ1) is 14.2. The minimum absolute atomic E-state index is 0.254. The van der Waals surface area contributed by atoms with Gasteiger partial charge in [-0.3, -0.25) is 4.79 Å². The second-order valence-electron chi connectivity index (χ2n) is 6.94. The van der Waals surface area contributed by atoms with Gasteiger partial charge in [0, 0.05) is 37.6 Å². The van der Waals surface area contributed by atoms with Crippen LogP contribution in [0, 0.1) is 5.92 Å². The summed E-state index contributed by atoms with van der Waals surface area (Å²) in [4.78, 5) is 17.4. The maximum Gasteiger partial charge on any atom is 0.172 e. The highest BCUT2D eigenvalue weighted by Gasteiger charge is 2.28. The fourth-order valence-corrected chi connectivity index (χ4v) is 4.17. The SMILES string of the molecule is O=C1CC(CC2CCCC2)=Nc2c1ccn2C1CCOCC1. The van der Waals surface area contributed by atoms with E-state index in [1.165, 1.54) is 25.7 Å². The van der Waals surface area contributed by atoms with Gasteiger partial charge in [0.2, 0.25) is 0 Å². The van der Waals surface area contributed by atoms with E-state index in [1.54, 1.807) is 0 Å². The summed E-state index contributed by atoms with van der Waals surface area (Å²) in [6.45, 7) is 1.62. The molecule has 0 aromatic carbocycles. The number of carbonyl (C=O) groups is 1. The topological polar surface area (TPSA) is 43.6 Å². The zero-order chi connectivity index (χ0) is 14.9. The summed E-state index contributed by atoms with van der Waals surface area (Å²) < 4.78 is 7.68. The van der Waals surface area contributed by atoms with Gasteiger partial charge < -0.3 is 9.30 Å². The van der Waals surface area contributed by atoms with Crippen LogP contribution in [0.1, 0.15) is 67.8 Å². The van der Waals surface area contributed by atoms with Crippen molar-refractivity contribution in [3.05, 3.63) is 17.8 Å². The molecule has 0 bridgehead atoms. The van der Waals surface area contributed by atoms with Gasteiger partial charge in [0.15, 0.2) is 5.78 Å². The minimum atomic E-state index is 0.254. The van der Waals surface area contributed by atoms with E-state index < -0.39 is 0 Å². The summed E-state index contributed by atoms with van der Waals surface area (Å²) in [5, 5.41) is 0. The molecule has 1 aromatic heterocycles. The molecule has 1 saturated heterocycles. The molecule has 22 heavy (non-hydrogen) atoms. The van der Waals surface area contributed by atoms with Gasteiger partial charge in [-0.25, -0.2) is 4.99 Å². The highest BCUT2D eigenvalue weighted by Crippen LogP contribution is 2.36. The zero-order valence-electron chi connectivity index (χ0n) is 13.1. The molecule has 4 heteroatoms. The quantitative estimate of drug-likeness (QED) is 0.844. The van der Waals surface area contributed by atoms with Gasteiger partial charge in [0.05, 0.1) is 5.56 Å². The van der Waals surface area contributed by atoms with E-state index in [2.05, 4.69) is 10.8 Å². The molecule has 3 aliphatic rings. The lowest BCUT2D eigenvalue weighted by Crippen LogP contribution is -2.21. The van der Waals surface area contributed by atoms with Crippen LogP contribution in [-0.2, 0) is 4.74 Å². The van der Waals surface area contributed by atoms with Crippen LogP contribution >= 0.6 is 0 Å². The highest BCUT2D eigenvalue weighted by molar-refractivity contribution is 6.15. The molecule has 0 atom stereocenters. The van der Waals surface area contributed by atoms with Crippen LogP contribution < -0.4 is 0 Å². The summed E-state index contributed by atoms with van der Waals surface area (Å²) in [6.07, 6.45) is 10.9. The first-order chi connectivity index (χ1) is 10.8. The average Bonchev–Trinajstić information content (AvgIpc) is 3.18. The number of hydrogen-bond donors (Lipinski definition) is 0. The summed E-state index contributed by atoms with van der Waals surface area (Å²) in [6, 6.07) is 2.39. The van der Waals surface area contributed by atoms with Crippen molar-refractivity contribution < 1.29 is 9.53 Å². The fourth-order valence-electron chi connectivity index (χ4n) is 4.17. The maximum absolute atomic E-state index is 12.4. The molecule has 2 aliphatic heterocycles. The minimum Gasteiger partial charge on any atom is -0.381 e. The zero-order valence-corrected chi connectivity index (χ0v) is 13.1. The molecule has 0 radical (unpaired) electrons. The average molecular weight is 300 g/mol. The second kappa shape index (κ2) is 5.99. The third kappa shape index (κ3) is 2.65. The predicted octanol–water partition coefficient (Wildman–Crippen LogP) is 4.08. The van der Waals surface area contributed by atoms with Gasteiger partial charge in [-0.05, 0) is 31.2 Å². The monoisotopic (exact) mass is 300 g/mol. The number of carbonyl (C=O) groups excluding carboxylic acids is 1. The number of Topliss-reactive ketones (excluding diaryl/α,β-unsaturated/α-hetero) is 1. The van der Waals surface area contributed by atoms with Gasteiger partial charge in [0.1, 0.15) is 5.82 Å². The summed E-state index contributed by atoms with van der Waals surface area (Å²) in [5.41, 5.74) is 1.93. The van der Waals surface area contributed by atoms with E-state index in [0.29, 0.717) is 12.5 Å². The lowest BCUT2D eigenvalue weighted by atomic mass is 9.94. The number of ketones is 1. The van der Waals surface area contributed by atoms with Crippen LogP contribution in [0.3, 0.4) is 0 Å². The van der Waals surface area contributed by atoms with Crippen molar-refractivity contribution in [1.82, 2.24) is 4.57 Å². The molecule has 1 aromatic rings. The number of aromatic nitrogens is 1. The standard InChI is InChI=1S/C18H24N2O2/c21-17-12-14(11-13-3-1-2-4-13)19-18-16(17)5-8-20(18)15-6-9-22-10-7-15/h5,8,13,15H,1-4,6-7,9-12H2. The van der Waals surface area contributed by atoms with E-state index in [1.807, 2.05) is 6.07 Å². The lowest BCUT2D eigenvalue weighted by Gasteiger charge is -2.26. The van der Waals surface area contributed by atoms with E-state index >= 15 is 0 Å². The summed E-state index contributed by atoms with van der Waals surface area (Å²) in [5.74, 6) is 1.92. The Balaban J connectivity index is 1.60. The molecule has 118 valence electrons. The Morgan fingerprint density at radius 3 is 2.73 bits per heavy atom. The van der Waals surface area contributed by atoms with Crippen molar-refractivity contribution in [2.45, 2.75) is 57.4 Å². The Bertz CT molecular complexity index is 590.